The molecule has 1 aromatic heterocycles. The molecule has 140 valence electrons. The number of hydrogen-bond acceptors (Lipinski definition) is 4. The highest BCUT2D eigenvalue weighted by atomic mass is 35.5. The molecule has 1 heterocycles. The maximum atomic E-state index is 12.2. The van der Waals surface area contributed by atoms with Gasteiger partial charge in [-0.2, -0.15) is 0 Å². The standard InChI is InChI=1S/C19H24Cl2N4O/c1-25(2)11-3-8-24-19(26)15-7-10-23-18(12-15)22-9-6-14-4-5-16(20)13-17(14)21/h4-5,7,10,12-13H,3,6,8-9,11H2,1-2H3,(H,22,23)(H,24,26). The second-order valence-electron chi connectivity index (χ2n) is 6.25. The Bertz CT molecular complexity index is 737. The molecular formula is C19H24Cl2N4O. The van der Waals surface area contributed by atoms with E-state index < -0.39 is 0 Å². The Labute approximate surface area is 164 Å². The molecule has 0 saturated heterocycles. The quantitative estimate of drug-likeness (QED) is 0.636. The van der Waals surface area contributed by atoms with Gasteiger partial charge in [0.25, 0.3) is 5.91 Å². The predicted octanol–water partition coefficient (Wildman–Crippen LogP) is 3.72. The summed E-state index contributed by atoms with van der Waals surface area (Å²) in [6, 6.07) is 8.94. The van der Waals surface area contributed by atoms with Gasteiger partial charge >= 0.3 is 0 Å². The van der Waals surface area contributed by atoms with E-state index in [1.54, 1.807) is 24.4 Å². The largest absolute Gasteiger partial charge is 0.370 e. The molecule has 0 aliphatic rings. The zero-order valence-corrected chi connectivity index (χ0v) is 16.6. The van der Waals surface area contributed by atoms with Crippen LogP contribution < -0.4 is 10.6 Å². The highest BCUT2D eigenvalue weighted by Gasteiger charge is 2.07. The van der Waals surface area contributed by atoms with Crippen LogP contribution in [0.2, 0.25) is 10.0 Å². The fourth-order valence-electron chi connectivity index (χ4n) is 2.42. The van der Waals surface area contributed by atoms with Crippen LogP contribution in [0.3, 0.4) is 0 Å². The third kappa shape index (κ3) is 6.83. The molecule has 0 saturated carbocycles. The van der Waals surface area contributed by atoms with Crippen molar-refractivity contribution in [2.75, 3.05) is 39.0 Å². The number of carbonyl (C=O) groups is 1. The Hall–Kier alpha value is -1.82. The number of nitrogens with zero attached hydrogens (tertiary/aromatic N) is 2. The fraction of sp³-hybridized carbons (Fsp3) is 0.368. The van der Waals surface area contributed by atoms with E-state index in [0.29, 0.717) is 34.5 Å². The van der Waals surface area contributed by atoms with E-state index in [0.717, 1.165) is 24.9 Å². The number of halogens is 2. The Kier molecular flexibility index (Phi) is 8.16. The third-order valence-corrected chi connectivity index (χ3v) is 4.39. The second-order valence-corrected chi connectivity index (χ2v) is 7.10. The van der Waals surface area contributed by atoms with E-state index >= 15 is 0 Å². The highest BCUT2D eigenvalue weighted by Crippen LogP contribution is 2.21. The summed E-state index contributed by atoms with van der Waals surface area (Å²) in [6.07, 6.45) is 3.28. The molecule has 1 aromatic carbocycles. The summed E-state index contributed by atoms with van der Waals surface area (Å²) in [5, 5.41) is 7.42. The van der Waals surface area contributed by atoms with Crippen molar-refractivity contribution >= 4 is 34.9 Å². The van der Waals surface area contributed by atoms with Gasteiger partial charge in [0.1, 0.15) is 5.82 Å². The van der Waals surface area contributed by atoms with E-state index in [1.165, 1.54) is 0 Å². The molecule has 5 nitrogen and oxygen atoms in total. The molecule has 7 heteroatoms. The van der Waals surface area contributed by atoms with Gasteiger partial charge in [-0.3, -0.25) is 4.79 Å². The van der Waals surface area contributed by atoms with Gasteiger partial charge in [-0.05, 0) is 63.3 Å². The molecule has 1 amide bonds. The number of nitrogens with one attached hydrogen (secondary N) is 2. The minimum atomic E-state index is -0.0880. The van der Waals surface area contributed by atoms with E-state index in [-0.39, 0.29) is 5.91 Å². The van der Waals surface area contributed by atoms with Crippen molar-refractivity contribution in [3.05, 3.63) is 57.7 Å². The van der Waals surface area contributed by atoms with Crippen LogP contribution in [0, 0.1) is 0 Å². The lowest BCUT2D eigenvalue weighted by atomic mass is 10.1. The van der Waals surface area contributed by atoms with Crippen molar-refractivity contribution in [3.63, 3.8) is 0 Å². The third-order valence-electron chi connectivity index (χ3n) is 3.81. The van der Waals surface area contributed by atoms with Crippen molar-refractivity contribution in [2.45, 2.75) is 12.8 Å². The summed E-state index contributed by atoms with van der Waals surface area (Å²) in [5.41, 5.74) is 1.61. The topological polar surface area (TPSA) is 57.3 Å². The molecule has 2 aromatic rings. The molecule has 26 heavy (non-hydrogen) atoms. The first kappa shape index (κ1) is 20.5. The maximum absolute atomic E-state index is 12.2. The fourth-order valence-corrected chi connectivity index (χ4v) is 2.92. The van der Waals surface area contributed by atoms with Crippen LogP contribution in [-0.2, 0) is 6.42 Å². The molecule has 0 bridgehead atoms. The van der Waals surface area contributed by atoms with Crippen LogP contribution in [0.5, 0.6) is 0 Å². The first-order valence-corrected chi connectivity index (χ1v) is 9.28. The number of hydrogen-bond donors (Lipinski definition) is 2. The Morgan fingerprint density at radius 3 is 2.69 bits per heavy atom. The highest BCUT2D eigenvalue weighted by molar-refractivity contribution is 6.35. The Balaban J connectivity index is 1.83. The van der Waals surface area contributed by atoms with Crippen LogP contribution in [0.4, 0.5) is 5.82 Å². The van der Waals surface area contributed by atoms with Gasteiger partial charge in [-0.1, -0.05) is 29.3 Å². The average molecular weight is 395 g/mol. The smallest absolute Gasteiger partial charge is 0.251 e. The van der Waals surface area contributed by atoms with Gasteiger partial charge in [-0.15, -0.1) is 0 Å². The molecule has 0 fully saturated rings. The van der Waals surface area contributed by atoms with Crippen LogP contribution in [0.15, 0.2) is 36.5 Å². The van der Waals surface area contributed by atoms with Gasteiger partial charge in [-0.25, -0.2) is 4.98 Å². The van der Waals surface area contributed by atoms with E-state index in [4.69, 9.17) is 23.2 Å². The summed E-state index contributed by atoms with van der Waals surface area (Å²) in [5.74, 6) is 0.575. The monoisotopic (exact) mass is 394 g/mol. The van der Waals surface area contributed by atoms with E-state index in [2.05, 4.69) is 20.5 Å². The van der Waals surface area contributed by atoms with E-state index in [9.17, 15) is 4.79 Å². The van der Waals surface area contributed by atoms with Crippen molar-refractivity contribution in [2.24, 2.45) is 0 Å². The lowest BCUT2D eigenvalue weighted by Crippen LogP contribution is -2.27. The van der Waals surface area contributed by atoms with Crippen molar-refractivity contribution in [3.8, 4) is 0 Å². The summed E-state index contributed by atoms with van der Waals surface area (Å²) in [4.78, 5) is 18.6. The zero-order valence-electron chi connectivity index (χ0n) is 15.1. The van der Waals surface area contributed by atoms with Crippen LogP contribution in [0.1, 0.15) is 22.3 Å². The van der Waals surface area contributed by atoms with Crippen LogP contribution >= 0.6 is 23.2 Å². The SMILES string of the molecule is CN(C)CCCNC(=O)c1ccnc(NCCc2ccc(Cl)cc2Cl)c1. The molecule has 0 aliphatic carbocycles. The summed E-state index contributed by atoms with van der Waals surface area (Å²) >= 11 is 12.1. The summed E-state index contributed by atoms with van der Waals surface area (Å²) in [7, 11) is 4.03. The molecule has 0 unspecified atom stereocenters. The molecule has 2 N–H and O–H groups in total. The number of carbonyl (C=O) groups excluding carboxylic acids is 1. The number of pyridine rings is 1. The zero-order chi connectivity index (χ0) is 18.9. The Morgan fingerprint density at radius 1 is 1.15 bits per heavy atom. The van der Waals surface area contributed by atoms with Gasteiger partial charge < -0.3 is 15.5 Å². The molecule has 0 atom stereocenters. The minimum absolute atomic E-state index is 0.0880. The number of rotatable bonds is 9. The van der Waals surface area contributed by atoms with Gasteiger partial charge in [0.2, 0.25) is 0 Å². The number of aromatic nitrogens is 1. The number of benzene rings is 1. The summed E-state index contributed by atoms with van der Waals surface area (Å²) < 4.78 is 0. The predicted molar refractivity (Wildman–Crippen MR) is 108 cm³/mol. The maximum Gasteiger partial charge on any atom is 0.251 e. The molecule has 0 radical (unpaired) electrons. The minimum Gasteiger partial charge on any atom is -0.370 e. The number of amides is 1. The molecule has 0 spiro atoms. The van der Waals surface area contributed by atoms with Crippen LogP contribution in [0.25, 0.3) is 0 Å². The van der Waals surface area contributed by atoms with Gasteiger partial charge in [0, 0.05) is 34.9 Å². The molecule has 0 aliphatic heterocycles. The van der Waals surface area contributed by atoms with Gasteiger partial charge in [0.15, 0.2) is 0 Å². The Morgan fingerprint density at radius 2 is 1.96 bits per heavy atom. The van der Waals surface area contributed by atoms with Crippen molar-refractivity contribution in [1.29, 1.82) is 0 Å². The first-order chi connectivity index (χ1) is 12.5. The van der Waals surface area contributed by atoms with Gasteiger partial charge in [0.05, 0.1) is 0 Å². The second kappa shape index (κ2) is 10.4. The van der Waals surface area contributed by atoms with Crippen molar-refractivity contribution in [1.82, 2.24) is 15.2 Å². The molecular weight excluding hydrogens is 371 g/mol. The molecule has 2 rings (SSSR count). The van der Waals surface area contributed by atoms with Crippen LogP contribution in [-0.4, -0.2) is 49.5 Å². The summed E-state index contributed by atoms with van der Waals surface area (Å²) in [6.45, 7) is 2.25. The normalized spacial score (nSPS) is 10.8. The number of anilines is 1. The first-order valence-electron chi connectivity index (χ1n) is 8.52. The lowest BCUT2D eigenvalue weighted by Gasteiger charge is -2.11. The average Bonchev–Trinajstić information content (AvgIpc) is 2.60. The van der Waals surface area contributed by atoms with Crippen molar-refractivity contribution < 1.29 is 4.79 Å². The van der Waals surface area contributed by atoms with E-state index in [1.807, 2.05) is 26.2 Å². The lowest BCUT2D eigenvalue weighted by molar-refractivity contribution is 0.0952.